The van der Waals surface area contributed by atoms with E-state index in [1.165, 1.54) is 0 Å². The molecule has 1 saturated carbocycles. The molecule has 1 aliphatic rings. The fourth-order valence-corrected chi connectivity index (χ4v) is 2.83. The van der Waals surface area contributed by atoms with Crippen molar-refractivity contribution in [1.29, 1.82) is 0 Å². The fraction of sp³-hybridized carbons (Fsp3) is 0.867. The van der Waals surface area contributed by atoms with Crippen LogP contribution >= 0.6 is 0 Å². The largest absolute Gasteiger partial charge is 0.367 e. The van der Waals surface area contributed by atoms with E-state index in [2.05, 4.69) is 24.0 Å². The molecule has 0 amide bonds. The van der Waals surface area contributed by atoms with Gasteiger partial charge in [0, 0.05) is 13.0 Å². The minimum atomic E-state index is -0.352. The second kappa shape index (κ2) is 6.22. The molecule has 1 aromatic rings. The quantitative estimate of drug-likeness (QED) is 0.868. The monoisotopic (exact) mass is 281 g/mol. The highest BCUT2D eigenvalue weighted by Gasteiger charge is 2.43. The standard InChI is InChI=1S/C15H27N3O2/c1-4-19-15(9-7-14(2,3)8-10-15)13-17-12(20-18-13)6-5-11-16/h4-11,16H2,1-3H3. The lowest BCUT2D eigenvalue weighted by molar-refractivity contribution is -0.0957. The minimum Gasteiger partial charge on any atom is -0.367 e. The highest BCUT2D eigenvalue weighted by molar-refractivity contribution is 5.05. The molecular weight excluding hydrogens is 254 g/mol. The molecule has 114 valence electrons. The van der Waals surface area contributed by atoms with E-state index in [1.54, 1.807) is 0 Å². The first kappa shape index (κ1) is 15.4. The average molecular weight is 281 g/mol. The van der Waals surface area contributed by atoms with Crippen LogP contribution in [-0.4, -0.2) is 23.3 Å². The second-order valence-corrected chi connectivity index (χ2v) is 6.50. The Morgan fingerprint density at radius 2 is 1.95 bits per heavy atom. The zero-order chi connectivity index (χ0) is 14.6. The summed E-state index contributed by atoms with van der Waals surface area (Å²) >= 11 is 0. The van der Waals surface area contributed by atoms with Crippen molar-refractivity contribution in [2.45, 2.75) is 64.9 Å². The summed E-state index contributed by atoms with van der Waals surface area (Å²) in [5.74, 6) is 1.40. The maximum Gasteiger partial charge on any atom is 0.226 e. The average Bonchev–Trinajstić information content (AvgIpc) is 2.89. The molecule has 0 radical (unpaired) electrons. The first-order valence-corrected chi connectivity index (χ1v) is 7.68. The van der Waals surface area contributed by atoms with Crippen molar-refractivity contribution >= 4 is 0 Å². The topological polar surface area (TPSA) is 74.2 Å². The van der Waals surface area contributed by atoms with Gasteiger partial charge >= 0.3 is 0 Å². The van der Waals surface area contributed by atoms with Crippen molar-refractivity contribution in [2.24, 2.45) is 11.1 Å². The van der Waals surface area contributed by atoms with Gasteiger partial charge in [-0.3, -0.25) is 0 Å². The smallest absolute Gasteiger partial charge is 0.226 e. The third-order valence-corrected chi connectivity index (χ3v) is 4.30. The highest BCUT2D eigenvalue weighted by Crippen LogP contribution is 2.46. The van der Waals surface area contributed by atoms with E-state index in [4.69, 9.17) is 15.0 Å². The van der Waals surface area contributed by atoms with E-state index in [9.17, 15) is 0 Å². The Balaban J connectivity index is 2.14. The van der Waals surface area contributed by atoms with E-state index >= 15 is 0 Å². The van der Waals surface area contributed by atoms with Crippen molar-refractivity contribution in [3.63, 3.8) is 0 Å². The molecule has 20 heavy (non-hydrogen) atoms. The summed E-state index contributed by atoms with van der Waals surface area (Å²) in [4.78, 5) is 4.55. The summed E-state index contributed by atoms with van der Waals surface area (Å²) in [6.45, 7) is 7.96. The van der Waals surface area contributed by atoms with Crippen LogP contribution < -0.4 is 5.73 Å². The molecule has 0 bridgehead atoms. The summed E-state index contributed by atoms with van der Waals surface area (Å²) in [5, 5.41) is 4.18. The number of aryl methyl sites for hydroxylation is 1. The lowest BCUT2D eigenvalue weighted by Crippen LogP contribution is -2.38. The van der Waals surface area contributed by atoms with E-state index in [0.29, 0.717) is 24.5 Å². The molecule has 1 heterocycles. The van der Waals surface area contributed by atoms with E-state index < -0.39 is 0 Å². The third kappa shape index (κ3) is 3.38. The summed E-state index contributed by atoms with van der Waals surface area (Å²) in [5.41, 5.74) is 5.54. The Morgan fingerprint density at radius 1 is 1.25 bits per heavy atom. The number of nitrogens with zero attached hydrogens (tertiary/aromatic N) is 2. The van der Waals surface area contributed by atoms with Gasteiger partial charge in [-0.2, -0.15) is 4.98 Å². The van der Waals surface area contributed by atoms with Gasteiger partial charge in [0.25, 0.3) is 0 Å². The SMILES string of the molecule is CCOC1(c2noc(CCCN)n2)CCC(C)(C)CC1. The number of ether oxygens (including phenoxy) is 1. The van der Waals surface area contributed by atoms with Crippen LogP contribution in [0.25, 0.3) is 0 Å². The number of aromatic nitrogens is 2. The van der Waals surface area contributed by atoms with E-state index in [-0.39, 0.29) is 5.60 Å². The Kier molecular flexibility index (Phi) is 4.81. The molecule has 0 atom stereocenters. The summed E-state index contributed by atoms with van der Waals surface area (Å²) < 4.78 is 11.4. The van der Waals surface area contributed by atoms with Gasteiger partial charge in [0.15, 0.2) is 0 Å². The number of nitrogens with two attached hydrogens (primary N) is 1. The van der Waals surface area contributed by atoms with Crippen LogP contribution in [0.4, 0.5) is 0 Å². The van der Waals surface area contributed by atoms with Gasteiger partial charge in [-0.05, 0) is 51.0 Å². The molecule has 5 heteroatoms. The Labute approximate surface area is 121 Å². The van der Waals surface area contributed by atoms with Crippen LogP contribution in [0.15, 0.2) is 4.52 Å². The van der Waals surface area contributed by atoms with Crippen molar-refractivity contribution in [3.8, 4) is 0 Å². The van der Waals surface area contributed by atoms with Crippen LogP contribution in [0.5, 0.6) is 0 Å². The molecule has 0 spiro atoms. The summed E-state index contributed by atoms with van der Waals surface area (Å²) in [6, 6.07) is 0. The van der Waals surface area contributed by atoms with Crippen molar-refractivity contribution in [1.82, 2.24) is 10.1 Å². The molecule has 0 unspecified atom stereocenters. The molecule has 1 aromatic heterocycles. The van der Waals surface area contributed by atoms with Crippen LogP contribution in [-0.2, 0) is 16.8 Å². The van der Waals surface area contributed by atoms with Gasteiger partial charge in [-0.1, -0.05) is 19.0 Å². The van der Waals surface area contributed by atoms with Gasteiger partial charge in [0.1, 0.15) is 5.60 Å². The normalized spacial score (nSPS) is 21.0. The summed E-state index contributed by atoms with van der Waals surface area (Å²) in [7, 11) is 0. The Hall–Kier alpha value is -0.940. The summed E-state index contributed by atoms with van der Waals surface area (Å²) in [6.07, 6.45) is 5.79. The van der Waals surface area contributed by atoms with Crippen molar-refractivity contribution in [2.75, 3.05) is 13.2 Å². The lowest BCUT2D eigenvalue weighted by Gasteiger charge is -2.41. The molecule has 1 aliphatic carbocycles. The molecule has 0 saturated heterocycles. The van der Waals surface area contributed by atoms with Crippen LogP contribution in [0, 0.1) is 5.41 Å². The predicted molar refractivity (Wildman–Crippen MR) is 77.2 cm³/mol. The van der Waals surface area contributed by atoms with Gasteiger partial charge < -0.3 is 15.0 Å². The first-order chi connectivity index (χ1) is 9.51. The number of rotatable bonds is 6. The fourth-order valence-electron chi connectivity index (χ4n) is 2.83. The minimum absolute atomic E-state index is 0.352. The maximum absolute atomic E-state index is 6.06. The van der Waals surface area contributed by atoms with Gasteiger partial charge in [-0.25, -0.2) is 0 Å². The molecular formula is C15H27N3O2. The van der Waals surface area contributed by atoms with Crippen LogP contribution in [0.1, 0.15) is 64.6 Å². The zero-order valence-electron chi connectivity index (χ0n) is 12.9. The molecule has 5 nitrogen and oxygen atoms in total. The van der Waals surface area contributed by atoms with E-state index in [1.807, 2.05) is 6.92 Å². The lowest BCUT2D eigenvalue weighted by atomic mass is 9.70. The number of hydrogen-bond acceptors (Lipinski definition) is 5. The predicted octanol–water partition coefficient (Wildman–Crippen LogP) is 2.79. The van der Waals surface area contributed by atoms with Crippen LogP contribution in [0.2, 0.25) is 0 Å². The number of hydrogen-bond donors (Lipinski definition) is 1. The molecule has 2 rings (SSSR count). The molecule has 2 N–H and O–H groups in total. The van der Waals surface area contributed by atoms with Gasteiger partial charge in [0.05, 0.1) is 0 Å². The van der Waals surface area contributed by atoms with E-state index in [0.717, 1.165) is 44.3 Å². The van der Waals surface area contributed by atoms with Crippen LogP contribution in [0.3, 0.4) is 0 Å². The third-order valence-electron chi connectivity index (χ3n) is 4.30. The highest BCUT2D eigenvalue weighted by atomic mass is 16.5. The van der Waals surface area contributed by atoms with Crippen molar-refractivity contribution < 1.29 is 9.26 Å². The second-order valence-electron chi connectivity index (χ2n) is 6.50. The molecule has 1 fully saturated rings. The zero-order valence-corrected chi connectivity index (χ0v) is 12.9. The van der Waals surface area contributed by atoms with Crippen molar-refractivity contribution in [3.05, 3.63) is 11.7 Å². The van der Waals surface area contributed by atoms with Gasteiger partial charge in [0.2, 0.25) is 11.7 Å². The molecule has 0 aliphatic heterocycles. The molecule has 0 aromatic carbocycles. The Bertz CT molecular complexity index is 419. The maximum atomic E-state index is 6.06. The van der Waals surface area contributed by atoms with Gasteiger partial charge in [-0.15, -0.1) is 0 Å². The Morgan fingerprint density at radius 3 is 2.55 bits per heavy atom. The first-order valence-electron chi connectivity index (χ1n) is 7.68.